The van der Waals surface area contributed by atoms with Crippen molar-refractivity contribution in [3.05, 3.63) is 94.8 Å². The fourth-order valence-electron chi connectivity index (χ4n) is 3.05. The lowest BCUT2D eigenvalue weighted by molar-refractivity contribution is 0.0742. The van der Waals surface area contributed by atoms with Crippen LogP contribution in [-0.4, -0.2) is 26.3 Å². The fraction of sp³-hybridized carbons (Fsp3) is 0.174. The third-order valence-electron chi connectivity index (χ3n) is 5.15. The van der Waals surface area contributed by atoms with Crippen LogP contribution in [0.1, 0.15) is 34.5 Å². The molecule has 1 N–H and O–H groups in total. The molecule has 3 aromatic rings. The van der Waals surface area contributed by atoms with Gasteiger partial charge in [0.05, 0.1) is 10.9 Å². The molecule has 1 amide bonds. The summed E-state index contributed by atoms with van der Waals surface area (Å²) in [4.78, 5) is 14.1. The van der Waals surface area contributed by atoms with E-state index in [0.29, 0.717) is 5.56 Å². The van der Waals surface area contributed by atoms with E-state index in [1.165, 1.54) is 55.3 Å². The highest BCUT2D eigenvalue weighted by Gasteiger charge is 2.21. The Morgan fingerprint density at radius 3 is 2.12 bits per heavy atom. The van der Waals surface area contributed by atoms with Crippen molar-refractivity contribution >= 4 is 21.6 Å². The zero-order valence-electron chi connectivity index (χ0n) is 17.6. The molecule has 0 aliphatic rings. The first-order valence-electron chi connectivity index (χ1n) is 9.61. The van der Waals surface area contributed by atoms with Crippen LogP contribution in [0.2, 0.25) is 0 Å². The van der Waals surface area contributed by atoms with Crippen LogP contribution >= 0.6 is 0 Å². The summed E-state index contributed by atoms with van der Waals surface area (Å²) < 4.78 is 67.5. The van der Waals surface area contributed by atoms with Gasteiger partial charge in [0.25, 0.3) is 15.9 Å². The topological polar surface area (TPSA) is 66.5 Å². The van der Waals surface area contributed by atoms with Crippen molar-refractivity contribution < 1.29 is 26.4 Å². The van der Waals surface area contributed by atoms with Crippen molar-refractivity contribution in [3.8, 4) is 0 Å². The van der Waals surface area contributed by atoms with Crippen molar-refractivity contribution in [2.45, 2.75) is 24.8 Å². The third kappa shape index (κ3) is 4.94. The molecule has 1 atom stereocenters. The van der Waals surface area contributed by atoms with Gasteiger partial charge < -0.3 is 4.90 Å². The number of hydrogen-bond acceptors (Lipinski definition) is 3. The number of anilines is 1. The van der Waals surface area contributed by atoms with Crippen LogP contribution in [-0.2, 0) is 10.0 Å². The van der Waals surface area contributed by atoms with Crippen molar-refractivity contribution in [3.63, 3.8) is 0 Å². The van der Waals surface area contributed by atoms with Gasteiger partial charge in [0.1, 0.15) is 5.82 Å². The molecule has 1 unspecified atom stereocenters. The first-order valence-corrected chi connectivity index (χ1v) is 11.1. The Bertz CT molecular complexity index is 1260. The number of rotatable bonds is 6. The molecule has 168 valence electrons. The van der Waals surface area contributed by atoms with Gasteiger partial charge in [-0.15, -0.1) is 0 Å². The van der Waals surface area contributed by atoms with Crippen LogP contribution in [0.25, 0.3) is 0 Å². The molecule has 0 saturated heterocycles. The molecule has 0 bridgehead atoms. The summed E-state index contributed by atoms with van der Waals surface area (Å²) in [6.07, 6.45) is 0. The Labute approximate surface area is 184 Å². The van der Waals surface area contributed by atoms with E-state index in [1.807, 2.05) is 0 Å². The van der Waals surface area contributed by atoms with Crippen LogP contribution < -0.4 is 4.72 Å². The number of sulfonamides is 1. The molecule has 0 aromatic heterocycles. The second kappa shape index (κ2) is 9.04. The summed E-state index contributed by atoms with van der Waals surface area (Å²) in [6.45, 7) is 3.14. The van der Waals surface area contributed by atoms with E-state index < -0.39 is 33.5 Å². The van der Waals surface area contributed by atoms with E-state index in [0.717, 1.165) is 24.3 Å². The number of hydrogen-bond donors (Lipinski definition) is 1. The number of halogens is 3. The lowest BCUT2D eigenvalue weighted by atomic mass is 10.1. The predicted molar refractivity (Wildman–Crippen MR) is 115 cm³/mol. The second-order valence-electron chi connectivity index (χ2n) is 7.36. The molecule has 9 heteroatoms. The molecule has 0 aliphatic heterocycles. The Hall–Kier alpha value is -3.33. The minimum Gasteiger partial charge on any atom is -0.335 e. The summed E-state index contributed by atoms with van der Waals surface area (Å²) in [6, 6.07) is 12.1. The van der Waals surface area contributed by atoms with Gasteiger partial charge in [-0.25, -0.2) is 21.6 Å². The van der Waals surface area contributed by atoms with E-state index in [2.05, 4.69) is 4.72 Å². The molecular weight excluding hydrogens is 441 g/mol. The number of amides is 1. The van der Waals surface area contributed by atoms with Gasteiger partial charge in [-0.1, -0.05) is 6.07 Å². The highest BCUT2D eigenvalue weighted by atomic mass is 32.2. The average Bonchev–Trinajstić information content (AvgIpc) is 2.76. The van der Waals surface area contributed by atoms with E-state index >= 15 is 0 Å². The van der Waals surface area contributed by atoms with Gasteiger partial charge in [0.2, 0.25) is 0 Å². The molecule has 3 aromatic carbocycles. The maximum absolute atomic E-state index is 13.5. The number of nitrogens with zero attached hydrogens (tertiary/aromatic N) is 1. The van der Waals surface area contributed by atoms with Crippen LogP contribution in [0.3, 0.4) is 0 Å². The molecule has 32 heavy (non-hydrogen) atoms. The molecule has 0 radical (unpaired) electrons. The minimum atomic E-state index is -3.94. The third-order valence-corrected chi connectivity index (χ3v) is 6.53. The summed E-state index contributed by atoms with van der Waals surface area (Å²) in [5, 5.41) is 0. The molecule has 5 nitrogen and oxygen atoms in total. The molecule has 0 spiro atoms. The Balaban J connectivity index is 1.74. The van der Waals surface area contributed by atoms with Crippen LogP contribution in [0.5, 0.6) is 0 Å². The second-order valence-corrected chi connectivity index (χ2v) is 9.04. The summed E-state index contributed by atoms with van der Waals surface area (Å²) in [7, 11) is -2.41. The van der Waals surface area contributed by atoms with Gasteiger partial charge in [-0.05, 0) is 79.6 Å². The SMILES string of the molecule is Cc1cc(S(=O)(=O)Nc2ccc(C(=O)N(C)C(C)c3ccc(F)c(F)c3)cc2)ccc1F. The van der Waals surface area contributed by atoms with Crippen molar-refractivity contribution in [2.24, 2.45) is 0 Å². The van der Waals surface area contributed by atoms with Gasteiger partial charge >= 0.3 is 0 Å². The lowest BCUT2D eigenvalue weighted by Gasteiger charge is -2.25. The van der Waals surface area contributed by atoms with Gasteiger partial charge in [0, 0.05) is 18.3 Å². The van der Waals surface area contributed by atoms with Gasteiger partial charge in [0.15, 0.2) is 11.6 Å². The summed E-state index contributed by atoms with van der Waals surface area (Å²) >= 11 is 0. The summed E-state index contributed by atoms with van der Waals surface area (Å²) in [5.41, 5.74) is 1.13. The van der Waals surface area contributed by atoms with E-state index in [1.54, 1.807) is 6.92 Å². The Morgan fingerprint density at radius 2 is 1.53 bits per heavy atom. The minimum absolute atomic E-state index is 0.0864. The maximum Gasteiger partial charge on any atom is 0.261 e. The molecule has 0 fully saturated rings. The highest BCUT2D eigenvalue weighted by Crippen LogP contribution is 2.24. The normalized spacial score (nSPS) is 12.3. The first-order chi connectivity index (χ1) is 15.0. The van der Waals surface area contributed by atoms with Crippen molar-refractivity contribution in [2.75, 3.05) is 11.8 Å². The van der Waals surface area contributed by atoms with E-state index in [-0.39, 0.29) is 27.6 Å². The van der Waals surface area contributed by atoms with Crippen molar-refractivity contribution in [1.29, 1.82) is 0 Å². The smallest absolute Gasteiger partial charge is 0.261 e. The quantitative estimate of drug-likeness (QED) is 0.558. The van der Waals surface area contributed by atoms with E-state index in [4.69, 9.17) is 0 Å². The maximum atomic E-state index is 13.5. The van der Waals surface area contributed by atoms with Crippen LogP contribution in [0, 0.1) is 24.4 Å². The number of aryl methyl sites for hydroxylation is 1. The zero-order valence-corrected chi connectivity index (χ0v) is 18.4. The number of benzene rings is 3. The standard InChI is InChI=1S/C23H21F3N2O3S/c1-14-12-19(9-11-20(14)24)32(30,31)27-18-7-4-16(5-8-18)23(29)28(3)15(2)17-6-10-21(25)22(26)13-17/h4-13,15,27H,1-3H3. The first kappa shape index (κ1) is 23.3. The van der Waals surface area contributed by atoms with Crippen LogP contribution in [0.4, 0.5) is 18.9 Å². The highest BCUT2D eigenvalue weighted by molar-refractivity contribution is 7.92. The van der Waals surface area contributed by atoms with E-state index in [9.17, 15) is 26.4 Å². The monoisotopic (exact) mass is 462 g/mol. The fourth-order valence-corrected chi connectivity index (χ4v) is 4.20. The molecule has 0 aliphatic carbocycles. The number of nitrogens with one attached hydrogen (secondary N) is 1. The average molecular weight is 462 g/mol. The van der Waals surface area contributed by atoms with Crippen molar-refractivity contribution in [1.82, 2.24) is 4.90 Å². The van der Waals surface area contributed by atoms with Gasteiger partial charge in [-0.3, -0.25) is 9.52 Å². The summed E-state index contributed by atoms with van der Waals surface area (Å²) in [5.74, 6) is -2.86. The van der Waals surface area contributed by atoms with Crippen LogP contribution in [0.15, 0.2) is 65.6 Å². The lowest BCUT2D eigenvalue weighted by Crippen LogP contribution is -2.29. The Kier molecular flexibility index (Phi) is 6.59. The molecule has 0 saturated carbocycles. The molecule has 0 heterocycles. The Morgan fingerprint density at radius 1 is 0.906 bits per heavy atom. The molecule has 3 rings (SSSR count). The number of carbonyl (C=O) groups excluding carboxylic acids is 1. The predicted octanol–water partition coefficient (Wildman–Crippen LogP) is 5.05. The largest absolute Gasteiger partial charge is 0.335 e. The zero-order chi connectivity index (χ0) is 23.6. The molecular formula is C23H21F3N2O3S. The van der Waals surface area contributed by atoms with Gasteiger partial charge in [-0.2, -0.15) is 0 Å². The number of carbonyl (C=O) groups is 1.